The third-order valence-corrected chi connectivity index (χ3v) is 6.90. The largest absolute Gasteiger partial charge is 0.361 e. The Morgan fingerprint density at radius 2 is 2.06 bits per heavy atom. The fourth-order valence-corrected chi connectivity index (χ4v) is 4.92. The van der Waals surface area contributed by atoms with E-state index in [0.717, 1.165) is 6.21 Å². The first-order valence-corrected chi connectivity index (χ1v) is 12.5. The molecule has 0 spiro atoms. The Hall–Kier alpha value is -3.79. The number of H-pyrrole nitrogens is 1. The maximum atomic E-state index is 15.0. The second-order valence-electron chi connectivity index (χ2n) is 8.45. The lowest BCUT2D eigenvalue weighted by Crippen LogP contribution is -2.57. The highest BCUT2D eigenvalue weighted by molar-refractivity contribution is 8.02. The Labute approximate surface area is 212 Å². The summed E-state index contributed by atoms with van der Waals surface area (Å²) in [5.74, 6) is -1.78. The molecule has 8 nitrogen and oxygen atoms in total. The Morgan fingerprint density at radius 3 is 2.78 bits per heavy atom. The Kier molecular flexibility index (Phi) is 7.94. The maximum absolute atomic E-state index is 15.0. The van der Waals surface area contributed by atoms with E-state index in [2.05, 4.69) is 21.7 Å². The maximum Gasteiger partial charge on any atom is 0.295 e. The van der Waals surface area contributed by atoms with E-state index >= 15 is 0 Å². The van der Waals surface area contributed by atoms with Crippen LogP contribution < -0.4 is 10.6 Å². The zero-order chi connectivity index (χ0) is 25.7. The van der Waals surface area contributed by atoms with E-state index in [1.54, 1.807) is 53.8 Å². The lowest BCUT2D eigenvalue weighted by atomic mass is 10.1. The molecule has 1 aromatic carbocycles. The molecule has 186 valence electrons. The van der Waals surface area contributed by atoms with Crippen LogP contribution in [0.2, 0.25) is 0 Å². The summed E-state index contributed by atoms with van der Waals surface area (Å²) < 4.78 is 15.0. The summed E-state index contributed by atoms with van der Waals surface area (Å²) in [6.45, 7) is 5.98. The number of benzene rings is 1. The number of amides is 2. The van der Waals surface area contributed by atoms with Crippen molar-refractivity contribution in [2.45, 2.75) is 19.0 Å². The number of aromatic nitrogens is 1. The molecule has 3 heterocycles. The Morgan fingerprint density at radius 1 is 1.28 bits per heavy atom. The summed E-state index contributed by atoms with van der Waals surface area (Å²) >= 11 is 1.45. The SMILES string of the molecule is C=N/C=C\SCC1C=c2[nH]cc(C(=O)C(=O)N3CCN(C(=O)c4ccccc4)C[C@H]3C)c2=C(F)C=N1. The normalized spacial score (nSPS) is 19.6. The molecule has 36 heavy (non-hydrogen) atoms. The number of hydrogen-bond acceptors (Lipinski definition) is 6. The molecule has 1 N–H and O–H groups in total. The van der Waals surface area contributed by atoms with Crippen LogP contribution in [0.4, 0.5) is 4.39 Å². The van der Waals surface area contributed by atoms with E-state index in [0.29, 0.717) is 29.8 Å². The van der Waals surface area contributed by atoms with Crippen LogP contribution in [-0.4, -0.2) is 82.8 Å². The molecule has 1 unspecified atom stereocenters. The number of hydrogen-bond donors (Lipinski definition) is 1. The van der Waals surface area contributed by atoms with Crippen LogP contribution in [0.1, 0.15) is 27.6 Å². The number of thioether (sulfide) groups is 1. The third-order valence-electron chi connectivity index (χ3n) is 6.05. The molecular formula is C26H26FN5O3S. The van der Waals surface area contributed by atoms with Gasteiger partial charge < -0.3 is 14.8 Å². The van der Waals surface area contributed by atoms with Crippen LogP contribution in [0.3, 0.4) is 0 Å². The van der Waals surface area contributed by atoms with Gasteiger partial charge in [-0.1, -0.05) is 18.2 Å². The standard InChI is InChI=1S/C26H26FN5O3S/c1-17-15-31(25(34)18-6-4-3-5-7-18)9-10-32(17)26(35)24(33)20-13-30-22-12-19(16-36-11-8-28-2)29-14-21(27)23(20)22/h3-8,11-14,17,19,30H,2,9-10,15-16H2,1H3/b11-8-/t17-,19?/m1/s1. The Balaban J connectivity index is 1.49. The highest BCUT2D eigenvalue weighted by Gasteiger charge is 2.34. The van der Waals surface area contributed by atoms with Gasteiger partial charge in [-0.2, -0.15) is 0 Å². The van der Waals surface area contributed by atoms with Crippen LogP contribution >= 0.6 is 11.8 Å². The first-order valence-electron chi connectivity index (χ1n) is 11.4. The second-order valence-corrected chi connectivity index (χ2v) is 9.38. The van der Waals surface area contributed by atoms with Crippen LogP contribution in [0.15, 0.2) is 58.1 Å². The van der Waals surface area contributed by atoms with Gasteiger partial charge in [-0.3, -0.25) is 24.4 Å². The number of nitrogens with zero attached hydrogens (tertiary/aromatic N) is 4. The van der Waals surface area contributed by atoms with Gasteiger partial charge in [-0.25, -0.2) is 4.39 Å². The van der Waals surface area contributed by atoms with E-state index in [9.17, 15) is 18.8 Å². The lowest BCUT2D eigenvalue weighted by Gasteiger charge is -2.39. The quantitative estimate of drug-likeness (QED) is 0.351. The van der Waals surface area contributed by atoms with Crippen molar-refractivity contribution in [3.63, 3.8) is 0 Å². The summed E-state index contributed by atoms with van der Waals surface area (Å²) in [6, 6.07) is 8.22. The van der Waals surface area contributed by atoms with Crippen molar-refractivity contribution in [3.8, 4) is 0 Å². The molecule has 10 heteroatoms. The molecule has 1 aromatic heterocycles. The summed E-state index contributed by atoms with van der Waals surface area (Å²) in [5, 5.41) is 2.21. The summed E-state index contributed by atoms with van der Waals surface area (Å²) in [5.41, 5.74) is 0.541. The minimum atomic E-state index is -0.799. The van der Waals surface area contributed by atoms with Crippen molar-refractivity contribution in [3.05, 3.63) is 69.8 Å². The van der Waals surface area contributed by atoms with Crippen LogP contribution in [0, 0.1) is 0 Å². The zero-order valence-electron chi connectivity index (χ0n) is 19.8. The highest BCUT2D eigenvalue weighted by atomic mass is 32.2. The monoisotopic (exact) mass is 507 g/mol. The smallest absolute Gasteiger partial charge is 0.295 e. The number of aliphatic imine (C=N–C) groups is 2. The van der Waals surface area contributed by atoms with Crippen molar-refractivity contribution in [2.75, 3.05) is 25.4 Å². The van der Waals surface area contributed by atoms with E-state index in [4.69, 9.17) is 0 Å². The average Bonchev–Trinajstić information content (AvgIpc) is 3.25. The van der Waals surface area contributed by atoms with Crippen LogP contribution in [0.5, 0.6) is 0 Å². The van der Waals surface area contributed by atoms with Crippen LogP contribution in [0.25, 0.3) is 11.9 Å². The van der Waals surface area contributed by atoms with E-state index in [-0.39, 0.29) is 35.3 Å². The number of nitrogens with one attached hydrogen (secondary N) is 1. The topological polar surface area (TPSA) is 98.2 Å². The number of carbonyl (C=O) groups excluding carboxylic acids is 3. The Bertz CT molecular complexity index is 1350. The van der Waals surface area contributed by atoms with Gasteiger partial charge in [-0.05, 0) is 37.3 Å². The minimum Gasteiger partial charge on any atom is -0.361 e. The van der Waals surface area contributed by atoms with Gasteiger partial charge >= 0.3 is 0 Å². The van der Waals surface area contributed by atoms with Crippen molar-refractivity contribution < 1.29 is 18.8 Å². The fraction of sp³-hybridized carbons (Fsp3) is 0.269. The number of fused-ring (bicyclic) bond motifs is 1. The third kappa shape index (κ3) is 5.38. The zero-order valence-corrected chi connectivity index (χ0v) is 20.6. The van der Waals surface area contributed by atoms with Crippen molar-refractivity contribution in [1.29, 1.82) is 0 Å². The molecule has 0 bridgehead atoms. The highest BCUT2D eigenvalue weighted by Crippen LogP contribution is 2.15. The summed E-state index contributed by atoms with van der Waals surface area (Å²) in [7, 11) is 0. The molecule has 2 aromatic rings. The molecule has 2 aliphatic heterocycles. The van der Waals surface area contributed by atoms with Crippen molar-refractivity contribution in [1.82, 2.24) is 14.8 Å². The number of piperazine rings is 1. The number of aromatic amines is 1. The molecule has 2 aliphatic rings. The lowest BCUT2D eigenvalue weighted by molar-refractivity contribution is -0.130. The van der Waals surface area contributed by atoms with Crippen molar-refractivity contribution >= 4 is 54.2 Å². The van der Waals surface area contributed by atoms with E-state index in [1.165, 1.54) is 22.9 Å². The minimum absolute atomic E-state index is 0.0331. The van der Waals surface area contributed by atoms with Gasteiger partial charge in [0.1, 0.15) is 0 Å². The predicted molar refractivity (Wildman–Crippen MR) is 140 cm³/mol. The van der Waals surface area contributed by atoms with E-state index < -0.39 is 17.5 Å². The molecular weight excluding hydrogens is 481 g/mol. The fourth-order valence-electron chi connectivity index (χ4n) is 4.25. The second kappa shape index (κ2) is 11.3. The first kappa shape index (κ1) is 25.3. The molecule has 0 radical (unpaired) electrons. The van der Waals surface area contributed by atoms with Gasteiger partial charge in [0.2, 0.25) is 0 Å². The molecule has 1 saturated heterocycles. The van der Waals surface area contributed by atoms with Gasteiger partial charge in [0, 0.05) is 60.0 Å². The number of rotatable bonds is 7. The molecule has 4 rings (SSSR count). The molecule has 2 amide bonds. The summed E-state index contributed by atoms with van der Waals surface area (Å²) in [4.78, 5) is 53.0. The number of halogens is 1. The number of carbonyl (C=O) groups is 3. The van der Waals surface area contributed by atoms with Crippen LogP contribution in [-0.2, 0) is 4.79 Å². The van der Waals surface area contributed by atoms with Gasteiger partial charge in [-0.15, -0.1) is 11.8 Å². The average molecular weight is 508 g/mol. The predicted octanol–water partition coefficient (Wildman–Crippen LogP) is 1.79. The van der Waals surface area contributed by atoms with Gasteiger partial charge in [0.05, 0.1) is 17.8 Å². The summed E-state index contributed by atoms with van der Waals surface area (Å²) in [6.07, 6.45) is 5.75. The molecule has 0 saturated carbocycles. The number of ketones is 1. The molecule has 2 atom stereocenters. The number of Topliss-reactive ketones (excluding diaryl/α,β-unsaturated/α-hetero) is 1. The van der Waals surface area contributed by atoms with Gasteiger partial charge in [0.15, 0.2) is 5.83 Å². The van der Waals surface area contributed by atoms with E-state index in [1.807, 2.05) is 6.07 Å². The molecule has 0 aliphatic carbocycles. The first-order chi connectivity index (χ1) is 17.4. The molecule has 1 fully saturated rings. The van der Waals surface area contributed by atoms with Crippen molar-refractivity contribution in [2.24, 2.45) is 9.98 Å². The van der Waals surface area contributed by atoms with Gasteiger partial charge in [0.25, 0.3) is 17.6 Å².